The van der Waals surface area contributed by atoms with Crippen molar-refractivity contribution in [2.45, 2.75) is 59.4 Å². The van der Waals surface area contributed by atoms with Gasteiger partial charge in [0.25, 0.3) is 0 Å². The Labute approximate surface area is 131 Å². The second-order valence-corrected chi connectivity index (χ2v) is 5.81. The molecule has 0 aliphatic carbocycles. The number of aryl methyl sites for hydroxylation is 1. The maximum absolute atomic E-state index is 3.68. The van der Waals surface area contributed by atoms with Crippen LogP contribution in [0.15, 0.2) is 53.6 Å². The molecule has 1 nitrogen and oxygen atoms in total. The fraction of sp³-hybridized carbons (Fsp3) is 0.500. The van der Waals surface area contributed by atoms with E-state index in [1.165, 1.54) is 23.1 Å². The first-order chi connectivity index (χ1) is 10.2. The molecule has 21 heavy (non-hydrogen) atoms. The molecule has 116 valence electrons. The van der Waals surface area contributed by atoms with Gasteiger partial charge in [0.05, 0.1) is 0 Å². The normalized spacial score (nSPS) is 14.3. The minimum absolute atomic E-state index is 0.478. The molecule has 1 aromatic rings. The van der Waals surface area contributed by atoms with E-state index in [2.05, 4.69) is 75.5 Å². The van der Waals surface area contributed by atoms with Crippen LogP contribution in [0.5, 0.6) is 0 Å². The highest BCUT2D eigenvalue weighted by Gasteiger charge is 2.09. The minimum Gasteiger partial charge on any atom is -0.310 e. The standard InChI is InChI=1S/C20H31N/c1-5-16-21-20(18(4)13-12-17(3)6-2)15-14-19-10-8-7-9-11-19/h7-13,20-21H,5-6,14-16H2,1-4H3/b17-12+,18-13+. The summed E-state index contributed by atoms with van der Waals surface area (Å²) in [6, 6.07) is 11.2. The zero-order valence-electron chi connectivity index (χ0n) is 14.2. The van der Waals surface area contributed by atoms with Gasteiger partial charge in [-0.3, -0.25) is 0 Å². The molecule has 1 atom stereocenters. The Bertz CT molecular complexity index is 442. The van der Waals surface area contributed by atoms with Crippen LogP contribution in [0.4, 0.5) is 0 Å². The van der Waals surface area contributed by atoms with Crippen molar-refractivity contribution in [3.8, 4) is 0 Å². The summed E-state index contributed by atoms with van der Waals surface area (Å²) in [5.74, 6) is 0. The van der Waals surface area contributed by atoms with E-state index < -0.39 is 0 Å². The first-order valence-corrected chi connectivity index (χ1v) is 8.28. The van der Waals surface area contributed by atoms with Crippen molar-refractivity contribution >= 4 is 0 Å². The van der Waals surface area contributed by atoms with E-state index in [-0.39, 0.29) is 0 Å². The van der Waals surface area contributed by atoms with E-state index >= 15 is 0 Å². The molecular weight excluding hydrogens is 254 g/mol. The zero-order valence-corrected chi connectivity index (χ0v) is 14.2. The van der Waals surface area contributed by atoms with Gasteiger partial charge in [0.15, 0.2) is 0 Å². The number of benzene rings is 1. The molecular formula is C20H31N. The van der Waals surface area contributed by atoms with Crippen molar-refractivity contribution in [3.05, 3.63) is 59.2 Å². The van der Waals surface area contributed by atoms with Gasteiger partial charge in [-0.05, 0) is 51.6 Å². The molecule has 0 bridgehead atoms. The predicted molar refractivity (Wildman–Crippen MR) is 94.6 cm³/mol. The molecule has 0 amide bonds. The maximum Gasteiger partial charge on any atom is 0.0282 e. The number of allylic oxidation sites excluding steroid dienone is 3. The van der Waals surface area contributed by atoms with Crippen LogP contribution in [-0.4, -0.2) is 12.6 Å². The lowest BCUT2D eigenvalue weighted by molar-refractivity contribution is 0.532. The summed E-state index contributed by atoms with van der Waals surface area (Å²) in [5, 5.41) is 3.68. The average molecular weight is 285 g/mol. The van der Waals surface area contributed by atoms with Gasteiger partial charge < -0.3 is 5.32 Å². The molecule has 0 radical (unpaired) electrons. The molecule has 0 fully saturated rings. The third-order valence-corrected chi connectivity index (χ3v) is 3.94. The van der Waals surface area contributed by atoms with Crippen LogP contribution in [0.1, 0.15) is 52.5 Å². The van der Waals surface area contributed by atoms with Crippen molar-refractivity contribution in [1.29, 1.82) is 0 Å². The van der Waals surface area contributed by atoms with E-state index in [0.29, 0.717) is 6.04 Å². The Kier molecular flexibility index (Phi) is 8.77. The van der Waals surface area contributed by atoms with Crippen LogP contribution in [0.2, 0.25) is 0 Å². The van der Waals surface area contributed by atoms with Crippen LogP contribution >= 0.6 is 0 Å². The van der Waals surface area contributed by atoms with Crippen molar-refractivity contribution in [3.63, 3.8) is 0 Å². The van der Waals surface area contributed by atoms with Gasteiger partial charge in [-0.15, -0.1) is 0 Å². The summed E-state index contributed by atoms with van der Waals surface area (Å²) in [6.45, 7) is 9.96. The molecule has 0 saturated heterocycles. The Morgan fingerprint density at radius 2 is 1.81 bits per heavy atom. The summed E-state index contributed by atoms with van der Waals surface area (Å²) in [6.07, 6.45) is 9.14. The quantitative estimate of drug-likeness (QED) is 0.608. The van der Waals surface area contributed by atoms with Gasteiger partial charge in [-0.25, -0.2) is 0 Å². The molecule has 0 heterocycles. The van der Waals surface area contributed by atoms with Gasteiger partial charge in [0.1, 0.15) is 0 Å². The molecule has 1 aromatic carbocycles. The molecule has 0 spiro atoms. The van der Waals surface area contributed by atoms with Crippen LogP contribution in [0.25, 0.3) is 0 Å². The summed E-state index contributed by atoms with van der Waals surface area (Å²) in [4.78, 5) is 0. The van der Waals surface area contributed by atoms with Crippen LogP contribution in [0.3, 0.4) is 0 Å². The molecule has 0 aliphatic rings. The van der Waals surface area contributed by atoms with Crippen molar-refractivity contribution in [2.24, 2.45) is 0 Å². The Morgan fingerprint density at radius 3 is 2.43 bits per heavy atom. The van der Waals surface area contributed by atoms with Crippen molar-refractivity contribution in [2.75, 3.05) is 6.54 Å². The lowest BCUT2D eigenvalue weighted by Crippen LogP contribution is -2.31. The Balaban J connectivity index is 2.66. The Morgan fingerprint density at radius 1 is 1.10 bits per heavy atom. The smallest absolute Gasteiger partial charge is 0.0282 e. The average Bonchev–Trinajstić information content (AvgIpc) is 2.53. The number of rotatable bonds is 9. The van der Waals surface area contributed by atoms with E-state index in [4.69, 9.17) is 0 Å². The van der Waals surface area contributed by atoms with Crippen LogP contribution in [-0.2, 0) is 6.42 Å². The van der Waals surface area contributed by atoms with Crippen molar-refractivity contribution < 1.29 is 0 Å². The minimum atomic E-state index is 0.478. The Hall–Kier alpha value is -1.34. The van der Waals surface area contributed by atoms with E-state index in [0.717, 1.165) is 25.8 Å². The van der Waals surface area contributed by atoms with E-state index in [1.54, 1.807) is 0 Å². The first-order valence-electron chi connectivity index (χ1n) is 8.28. The zero-order chi connectivity index (χ0) is 15.5. The molecule has 0 saturated carbocycles. The second kappa shape index (κ2) is 10.4. The highest BCUT2D eigenvalue weighted by atomic mass is 14.9. The molecule has 1 unspecified atom stereocenters. The highest BCUT2D eigenvalue weighted by Crippen LogP contribution is 2.12. The fourth-order valence-corrected chi connectivity index (χ4v) is 2.27. The molecule has 1 N–H and O–H groups in total. The largest absolute Gasteiger partial charge is 0.310 e. The van der Waals surface area contributed by atoms with Crippen LogP contribution in [0, 0.1) is 0 Å². The molecule has 0 aromatic heterocycles. The van der Waals surface area contributed by atoms with Crippen molar-refractivity contribution in [1.82, 2.24) is 5.32 Å². The van der Waals surface area contributed by atoms with E-state index in [1.807, 2.05) is 0 Å². The van der Waals surface area contributed by atoms with Gasteiger partial charge in [0.2, 0.25) is 0 Å². The van der Waals surface area contributed by atoms with E-state index in [9.17, 15) is 0 Å². The third kappa shape index (κ3) is 7.29. The van der Waals surface area contributed by atoms with Crippen LogP contribution < -0.4 is 5.32 Å². The monoisotopic (exact) mass is 285 g/mol. The lowest BCUT2D eigenvalue weighted by atomic mass is 9.99. The summed E-state index contributed by atoms with van der Waals surface area (Å²) in [7, 11) is 0. The lowest BCUT2D eigenvalue weighted by Gasteiger charge is -2.19. The maximum atomic E-state index is 3.68. The van der Waals surface area contributed by atoms with Gasteiger partial charge >= 0.3 is 0 Å². The van der Waals surface area contributed by atoms with Gasteiger partial charge in [0, 0.05) is 6.04 Å². The topological polar surface area (TPSA) is 12.0 Å². The SMILES string of the molecule is CCCNC(CCc1ccccc1)/C(C)=C/C=C(\C)CC. The van der Waals surface area contributed by atoms with Gasteiger partial charge in [-0.2, -0.15) is 0 Å². The number of nitrogens with one attached hydrogen (secondary N) is 1. The molecule has 1 heteroatoms. The molecule has 1 rings (SSSR count). The third-order valence-electron chi connectivity index (χ3n) is 3.94. The number of hydrogen-bond acceptors (Lipinski definition) is 1. The molecule has 0 aliphatic heterocycles. The first kappa shape index (κ1) is 17.7. The summed E-state index contributed by atoms with van der Waals surface area (Å²) in [5.41, 5.74) is 4.30. The summed E-state index contributed by atoms with van der Waals surface area (Å²) < 4.78 is 0. The van der Waals surface area contributed by atoms with Gasteiger partial charge in [-0.1, -0.05) is 67.5 Å². The second-order valence-electron chi connectivity index (χ2n) is 5.81. The summed E-state index contributed by atoms with van der Waals surface area (Å²) >= 11 is 0. The fourth-order valence-electron chi connectivity index (χ4n) is 2.27. The number of hydrogen-bond donors (Lipinski definition) is 1. The highest BCUT2D eigenvalue weighted by molar-refractivity contribution is 5.20. The predicted octanol–water partition coefficient (Wildman–Crippen LogP) is 5.29.